The standard InChI is InChI=1S/C9H13NO2/c1-10-6-9(12)7-3-2-4-8(11)5-7/h2-5,9-12H,6H2,1H3/t9-/m1/s1/i6D2. The van der Waals surface area contributed by atoms with E-state index in [0.29, 0.717) is 5.56 Å². The average Bonchev–Trinajstić information content (AvgIpc) is 2.16. The van der Waals surface area contributed by atoms with Crippen molar-refractivity contribution in [2.24, 2.45) is 0 Å². The summed E-state index contributed by atoms with van der Waals surface area (Å²) in [6, 6.07) is 5.91. The van der Waals surface area contributed by atoms with Crippen LogP contribution in [0, 0.1) is 0 Å². The Morgan fingerprint density at radius 2 is 2.42 bits per heavy atom. The van der Waals surface area contributed by atoms with Crippen molar-refractivity contribution in [2.45, 2.75) is 6.10 Å². The summed E-state index contributed by atoms with van der Waals surface area (Å²) in [6.45, 7) is -1.91. The Hall–Kier alpha value is -1.06. The van der Waals surface area contributed by atoms with Gasteiger partial charge < -0.3 is 15.5 Å². The van der Waals surface area contributed by atoms with Gasteiger partial charge >= 0.3 is 0 Å². The number of phenols is 1. The lowest BCUT2D eigenvalue weighted by Crippen LogP contribution is -2.16. The Labute approximate surface area is 74.5 Å². The fourth-order valence-electron chi connectivity index (χ4n) is 0.915. The fourth-order valence-corrected chi connectivity index (χ4v) is 0.915. The highest BCUT2D eigenvalue weighted by Crippen LogP contribution is 2.17. The van der Waals surface area contributed by atoms with Crippen molar-refractivity contribution < 1.29 is 13.0 Å². The molecule has 1 aromatic rings. The minimum absolute atomic E-state index is 0.00783. The maximum Gasteiger partial charge on any atom is 0.115 e. The number of likely N-dealkylation sites (N-methyl/N-ethyl adjacent to an activating group) is 1. The van der Waals surface area contributed by atoms with Crippen LogP contribution in [0.25, 0.3) is 0 Å². The molecule has 0 fully saturated rings. The molecule has 12 heavy (non-hydrogen) atoms. The van der Waals surface area contributed by atoms with Crippen LogP contribution in [0.5, 0.6) is 5.75 Å². The topological polar surface area (TPSA) is 52.5 Å². The molecule has 0 saturated heterocycles. The summed E-state index contributed by atoms with van der Waals surface area (Å²) in [5.74, 6) is 0.00783. The predicted molar refractivity (Wildman–Crippen MR) is 47.0 cm³/mol. The van der Waals surface area contributed by atoms with Crippen molar-refractivity contribution >= 4 is 0 Å². The summed E-state index contributed by atoms with van der Waals surface area (Å²) in [4.78, 5) is 0. The maximum absolute atomic E-state index is 9.62. The van der Waals surface area contributed by atoms with E-state index >= 15 is 0 Å². The number of hydrogen-bond acceptors (Lipinski definition) is 3. The summed E-state index contributed by atoms with van der Waals surface area (Å²) >= 11 is 0. The summed E-state index contributed by atoms with van der Waals surface area (Å²) in [5, 5.41) is 21.1. The normalized spacial score (nSPS) is 16.5. The molecule has 0 aliphatic heterocycles. The van der Waals surface area contributed by atoms with E-state index in [0.717, 1.165) is 0 Å². The van der Waals surface area contributed by atoms with E-state index < -0.39 is 12.6 Å². The van der Waals surface area contributed by atoms with Crippen molar-refractivity contribution in [1.29, 1.82) is 0 Å². The van der Waals surface area contributed by atoms with Crippen LogP contribution < -0.4 is 5.32 Å². The number of benzene rings is 1. The first kappa shape index (κ1) is 6.46. The van der Waals surface area contributed by atoms with E-state index in [-0.39, 0.29) is 5.75 Å². The highest BCUT2D eigenvalue weighted by molar-refractivity contribution is 5.28. The van der Waals surface area contributed by atoms with Crippen molar-refractivity contribution in [3.63, 3.8) is 0 Å². The second-order valence-electron chi connectivity index (χ2n) is 2.39. The van der Waals surface area contributed by atoms with Gasteiger partial charge in [0.25, 0.3) is 0 Å². The molecule has 1 aromatic carbocycles. The van der Waals surface area contributed by atoms with Gasteiger partial charge in [-0.2, -0.15) is 0 Å². The molecule has 3 nitrogen and oxygen atoms in total. The molecule has 0 spiro atoms. The smallest absolute Gasteiger partial charge is 0.115 e. The minimum atomic E-state index is -1.91. The number of aromatic hydroxyl groups is 1. The van der Waals surface area contributed by atoms with Gasteiger partial charge in [0.15, 0.2) is 0 Å². The number of nitrogens with one attached hydrogen (secondary N) is 1. The Morgan fingerprint density at radius 1 is 1.67 bits per heavy atom. The fraction of sp³-hybridized carbons (Fsp3) is 0.333. The van der Waals surface area contributed by atoms with Crippen molar-refractivity contribution in [3.8, 4) is 5.75 Å². The van der Waals surface area contributed by atoms with Gasteiger partial charge in [-0.15, -0.1) is 0 Å². The lowest BCUT2D eigenvalue weighted by Gasteiger charge is -2.09. The van der Waals surface area contributed by atoms with E-state index in [4.69, 9.17) is 7.85 Å². The van der Waals surface area contributed by atoms with E-state index in [2.05, 4.69) is 5.32 Å². The lowest BCUT2D eigenvalue weighted by atomic mass is 10.1. The first-order valence-electron chi connectivity index (χ1n) is 4.63. The Balaban J connectivity index is 2.94. The van der Waals surface area contributed by atoms with Gasteiger partial charge in [-0.3, -0.25) is 0 Å². The summed E-state index contributed by atoms with van der Waals surface area (Å²) in [5.41, 5.74) is 0.337. The van der Waals surface area contributed by atoms with Gasteiger partial charge in [0.05, 0.1) is 6.10 Å². The van der Waals surface area contributed by atoms with Crippen molar-refractivity contribution in [3.05, 3.63) is 29.8 Å². The molecule has 3 N–H and O–H groups in total. The molecule has 0 aliphatic carbocycles. The molecule has 0 heterocycles. The van der Waals surface area contributed by atoms with Gasteiger partial charge in [0.2, 0.25) is 0 Å². The van der Waals surface area contributed by atoms with Crippen molar-refractivity contribution in [1.82, 2.24) is 5.32 Å². The van der Waals surface area contributed by atoms with E-state index in [9.17, 15) is 5.11 Å². The Bertz CT molecular complexity index is 317. The molecule has 0 aliphatic rings. The Morgan fingerprint density at radius 3 is 3.00 bits per heavy atom. The van der Waals surface area contributed by atoms with Gasteiger partial charge in [-0.1, -0.05) is 12.1 Å². The zero-order valence-electron chi connectivity index (χ0n) is 8.78. The number of aliphatic hydroxyl groups is 1. The zero-order valence-corrected chi connectivity index (χ0v) is 6.78. The van der Waals surface area contributed by atoms with Crippen LogP contribution in [0.2, 0.25) is 0 Å². The van der Waals surface area contributed by atoms with Gasteiger partial charge in [-0.05, 0) is 24.7 Å². The summed E-state index contributed by atoms with van der Waals surface area (Å²) in [7, 11) is 1.42. The predicted octanol–water partition coefficient (Wildman–Crippen LogP) is 0.645. The average molecular weight is 169 g/mol. The number of phenolic OH excluding ortho intramolecular Hbond substituents is 1. The SMILES string of the molecule is [2H]C([2H])(NC)[C@@H](O)c1cccc(O)c1. The first-order chi connectivity index (χ1) is 6.47. The quantitative estimate of drug-likeness (QED) is 0.622. The third-order valence-electron chi connectivity index (χ3n) is 1.47. The monoisotopic (exact) mass is 169 g/mol. The molecule has 0 unspecified atom stereocenters. The van der Waals surface area contributed by atoms with E-state index in [1.165, 1.54) is 19.2 Å². The highest BCUT2D eigenvalue weighted by atomic mass is 16.3. The second kappa shape index (κ2) is 4.09. The minimum Gasteiger partial charge on any atom is -0.508 e. The third-order valence-corrected chi connectivity index (χ3v) is 1.47. The molecule has 3 heteroatoms. The van der Waals surface area contributed by atoms with Crippen LogP contribution in [0.1, 0.15) is 14.4 Å². The molecular formula is C9H13NO2. The van der Waals surface area contributed by atoms with E-state index in [1.54, 1.807) is 12.1 Å². The summed E-state index contributed by atoms with van der Waals surface area (Å²) in [6.07, 6.45) is -1.31. The lowest BCUT2D eigenvalue weighted by molar-refractivity contribution is 0.177. The number of aliphatic hydroxyl groups excluding tert-OH is 1. The van der Waals surface area contributed by atoms with Gasteiger partial charge in [-0.25, -0.2) is 0 Å². The molecule has 66 valence electrons. The van der Waals surface area contributed by atoms with Crippen LogP contribution in [0.15, 0.2) is 24.3 Å². The van der Waals surface area contributed by atoms with Crippen LogP contribution in [-0.2, 0) is 0 Å². The molecule has 0 amide bonds. The van der Waals surface area contributed by atoms with Gasteiger partial charge in [0.1, 0.15) is 5.75 Å². The molecule has 0 bridgehead atoms. The third kappa shape index (κ3) is 2.22. The highest BCUT2D eigenvalue weighted by Gasteiger charge is 2.05. The molecule has 1 rings (SSSR count). The zero-order chi connectivity index (χ0) is 10.8. The van der Waals surface area contributed by atoms with E-state index in [1.807, 2.05) is 0 Å². The molecule has 0 aromatic heterocycles. The maximum atomic E-state index is 9.62. The molecular weight excluding hydrogens is 154 g/mol. The largest absolute Gasteiger partial charge is 0.508 e. The number of rotatable bonds is 3. The van der Waals surface area contributed by atoms with Crippen molar-refractivity contribution in [2.75, 3.05) is 13.5 Å². The van der Waals surface area contributed by atoms with Gasteiger partial charge in [0, 0.05) is 9.24 Å². The molecule has 0 radical (unpaired) electrons. The van der Waals surface area contributed by atoms with Crippen LogP contribution >= 0.6 is 0 Å². The van der Waals surface area contributed by atoms with Crippen LogP contribution in [0.3, 0.4) is 0 Å². The first-order valence-corrected chi connectivity index (χ1v) is 3.63. The number of hydrogen-bond donors (Lipinski definition) is 3. The van der Waals surface area contributed by atoms with Crippen LogP contribution in [0.4, 0.5) is 0 Å². The Kier molecular flexibility index (Phi) is 2.20. The molecule has 1 atom stereocenters. The summed E-state index contributed by atoms with van der Waals surface area (Å²) < 4.78 is 14.8. The van der Waals surface area contributed by atoms with Crippen LogP contribution in [-0.4, -0.2) is 23.8 Å². The molecule has 0 saturated carbocycles. The second-order valence-corrected chi connectivity index (χ2v) is 2.39.